The number of pyridine rings is 1. The molecule has 0 radical (unpaired) electrons. The average molecular weight is 407 g/mol. The van der Waals surface area contributed by atoms with Crippen LogP contribution in [0.5, 0.6) is 0 Å². The van der Waals surface area contributed by atoms with Crippen molar-refractivity contribution in [3.63, 3.8) is 0 Å². The number of likely N-dealkylation sites (tertiary alicyclic amines) is 1. The van der Waals surface area contributed by atoms with Crippen molar-refractivity contribution >= 4 is 5.84 Å². The minimum Gasteiger partial charge on any atom is -0.355 e. The number of nitrogens with zero attached hydrogens (tertiary/aromatic N) is 5. The maximum Gasteiger partial charge on any atom is 0.129 e. The van der Waals surface area contributed by atoms with Gasteiger partial charge < -0.3 is 15.1 Å². The van der Waals surface area contributed by atoms with Gasteiger partial charge in [-0.05, 0) is 63.9 Å². The summed E-state index contributed by atoms with van der Waals surface area (Å²) in [6.45, 7) is 8.77. The van der Waals surface area contributed by atoms with Gasteiger partial charge in [0, 0.05) is 38.4 Å². The van der Waals surface area contributed by atoms with Crippen molar-refractivity contribution in [2.24, 2.45) is 4.99 Å². The molecule has 0 spiro atoms. The fourth-order valence-electron chi connectivity index (χ4n) is 5.74. The summed E-state index contributed by atoms with van der Waals surface area (Å²) in [5.74, 6) is 2.46. The van der Waals surface area contributed by atoms with Crippen LogP contribution >= 0.6 is 0 Å². The lowest BCUT2D eigenvalue weighted by Gasteiger charge is -2.44. The molecule has 4 atom stereocenters. The van der Waals surface area contributed by atoms with Crippen LogP contribution < -0.4 is 5.32 Å². The number of allylic oxidation sites excluding steroid dienone is 2. The summed E-state index contributed by atoms with van der Waals surface area (Å²) in [6.07, 6.45) is 12.2. The Balaban J connectivity index is 1.39. The maximum absolute atomic E-state index is 5.27. The van der Waals surface area contributed by atoms with Crippen molar-refractivity contribution in [1.82, 2.24) is 25.0 Å². The van der Waals surface area contributed by atoms with Gasteiger partial charge in [0.1, 0.15) is 11.7 Å². The van der Waals surface area contributed by atoms with E-state index in [-0.39, 0.29) is 6.04 Å². The van der Waals surface area contributed by atoms with E-state index in [1.165, 1.54) is 36.3 Å². The SMILES string of the molecule is Cc1cccnc1[C@@H]1CCC[C@H](C2N=C3C=CC=C(N4CCNCC4)N3C2C)N1C. The number of rotatable bonds is 3. The maximum atomic E-state index is 5.27. The molecule has 0 aromatic carbocycles. The van der Waals surface area contributed by atoms with Gasteiger partial charge in [-0.15, -0.1) is 0 Å². The highest BCUT2D eigenvalue weighted by Crippen LogP contribution is 2.39. The monoisotopic (exact) mass is 406 g/mol. The number of amidine groups is 1. The van der Waals surface area contributed by atoms with Crippen molar-refractivity contribution in [3.8, 4) is 0 Å². The summed E-state index contributed by atoms with van der Waals surface area (Å²) < 4.78 is 0. The molecule has 6 nitrogen and oxygen atoms in total. The smallest absolute Gasteiger partial charge is 0.129 e. The van der Waals surface area contributed by atoms with Gasteiger partial charge in [0.25, 0.3) is 0 Å². The fraction of sp³-hybridized carbons (Fsp3) is 0.583. The number of hydrogen-bond donors (Lipinski definition) is 1. The first kappa shape index (κ1) is 19.8. The predicted molar refractivity (Wildman–Crippen MR) is 121 cm³/mol. The van der Waals surface area contributed by atoms with E-state index in [1.54, 1.807) is 0 Å². The molecule has 0 saturated carbocycles. The zero-order valence-electron chi connectivity index (χ0n) is 18.5. The zero-order valence-corrected chi connectivity index (χ0v) is 18.5. The lowest BCUT2D eigenvalue weighted by molar-refractivity contribution is 0.0802. The molecular formula is C24H34N6. The van der Waals surface area contributed by atoms with Crippen molar-refractivity contribution in [3.05, 3.63) is 53.6 Å². The van der Waals surface area contributed by atoms with Crippen molar-refractivity contribution in [1.29, 1.82) is 0 Å². The van der Waals surface area contributed by atoms with E-state index >= 15 is 0 Å². The number of fused-ring (bicyclic) bond motifs is 1. The van der Waals surface area contributed by atoms with E-state index in [0.29, 0.717) is 18.1 Å². The third-order valence-electron chi connectivity index (χ3n) is 7.36. The van der Waals surface area contributed by atoms with Crippen molar-refractivity contribution in [2.75, 3.05) is 33.2 Å². The molecular weight excluding hydrogens is 372 g/mol. The van der Waals surface area contributed by atoms with Crippen LogP contribution in [0.25, 0.3) is 0 Å². The largest absolute Gasteiger partial charge is 0.355 e. The molecule has 4 aliphatic rings. The molecule has 5 rings (SSSR count). The Labute approximate surface area is 180 Å². The Morgan fingerprint density at radius 1 is 1.17 bits per heavy atom. The molecule has 0 bridgehead atoms. The lowest BCUT2D eigenvalue weighted by atomic mass is 9.87. The van der Waals surface area contributed by atoms with Gasteiger partial charge >= 0.3 is 0 Å². The van der Waals surface area contributed by atoms with Crippen LogP contribution in [0.2, 0.25) is 0 Å². The molecule has 2 fully saturated rings. The second-order valence-corrected chi connectivity index (χ2v) is 9.09. The first-order chi connectivity index (χ1) is 14.6. The molecule has 0 amide bonds. The van der Waals surface area contributed by atoms with E-state index in [2.05, 4.69) is 65.2 Å². The van der Waals surface area contributed by atoms with Crippen LogP contribution in [0, 0.1) is 6.92 Å². The predicted octanol–water partition coefficient (Wildman–Crippen LogP) is 2.70. The summed E-state index contributed by atoms with van der Waals surface area (Å²) >= 11 is 0. The average Bonchev–Trinajstić information content (AvgIpc) is 3.12. The Kier molecular flexibility index (Phi) is 5.37. The molecule has 1 N–H and O–H groups in total. The highest BCUT2D eigenvalue weighted by Gasteiger charge is 2.44. The Hall–Kier alpha value is -2.18. The Morgan fingerprint density at radius 2 is 2.00 bits per heavy atom. The van der Waals surface area contributed by atoms with Gasteiger partial charge in [-0.2, -0.15) is 0 Å². The summed E-state index contributed by atoms with van der Waals surface area (Å²) in [4.78, 5) is 17.6. The minimum atomic E-state index is 0.283. The van der Waals surface area contributed by atoms with Gasteiger partial charge in [0.05, 0.1) is 23.8 Å². The quantitative estimate of drug-likeness (QED) is 0.836. The van der Waals surface area contributed by atoms with E-state index in [1.807, 2.05) is 12.3 Å². The zero-order chi connectivity index (χ0) is 20.7. The molecule has 4 aliphatic heterocycles. The summed E-state index contributed by atoms with van der Waals surface area (Å²) in [5, 5.41) is 3.47. The van der Waals surface area contributed by atoms with Gasteiger partial charge in [0.2, 0.25) is 0 Å². The van der Waals surface area contributed by atoms with Crippen LogP contribution in [-0.2, 0) is 0 Å². The van der Waals surface area contributed by atoms with Crippen molar-refractivity contribution < 1.29 is 0 Å². The Morgan fingerprint density at radius 3 is 2.80 bits per heavy atom. The van der Waals surface area contributed by atoms with Crippen LogP contribution in [-0.4, -0.2) is 76.9 Å². The molecule has 160 valence electrons. The summed E-state index contributed by atoms with van der Waals surface area (Å²) in [5.41, 5.74) is 2.53. The molecule has 5 heterocycles. The minimum absolute atomic E-state index is 0.283. The third-order valence-corrected chi connectivity index (χ3v) is 7.36. The lowest BCUT2D eigenvalue weighted by Crippen LogP contribution is -2.53. The van der Waals surface area contributed by atoms with Crippen LogP contribution in [0.1, 0.15) is 43.5 Å². The van der Waals surface area contributed by atoms with E-state index in [9.17, 15) is 0 Å². The molecule has 2 unspecified atom stereocenters. The van der Waals surface area contributed by atoms with Gasteiger partial charge in [-0.3, -0.25) is 14.9 Å². The topological polar surface area (TPSA) is 47.0 Å². The molecule has 6 heteroatoms. The molecule has 2 saturated heterocycles. The number of aliphatic imine (C=N–C) groups is 1. The van der Waals surface area contributed by atoms with Crippen LogP contribution in [0.3, 0.4) is 0 Å². The van der Waals surface area contributed by atoms with Crippen LogP contribution in [0.15, 0.2) is 47.4 Å². The first-order valence-electron chi connectivity index (χ1n) is 11.5. The van der Waals surface area contributed by atoms with E-state index in [4.69, 9.17) is 9.98 Å². The van der Waals surface area contributed by atoms with Crippen LogP contribution in [0.4, 0.5) is 0 Å². The number of aryl methyl sites for hydroxylation is 1. The number of hydrogen-bond acceptors (Lipinski definition) is 6. The highest BCUT2D eigenvalue weighted by molar-refractivity contribution is 5.97. The molecule has 30 heavy (non-hydrogen) atoms. The van der Waals surface area contributed by atoms with Gasteiger partial charge in [0.15, 0.2) is 0 Å². The highest BCUT2D eigenvalue weighted by atomic mass is 15.4. The number of likely N-dealkylation sites (N-methyl/N-ethyl adjacent to an activating group) is 1. The van der Waals surface area contributed by atoms with E-state index in [0.717, 1.165) is 32.0 Å². The number of aromatic nitrogens is 1. The second kappa shape index (κ2) is 8.16. The molecule has 1 aromatic heterocycles. The normalized spacial score (nSPS) is 32.1. The molecule has 0 aliphatic carbocycles. The van der Waals surface area contributed by atoms with Crippen molar-refractivity contribution in [2.45, 2.75) is 57.3 Å². The number of piperazine rings is 1. The Bertz CT molecular complexity index is 868. The standard InChI is InChI=1S/C24H34N6/c1-17-7-6-12-26-23(17)19-8-4-9-20(28(19)3)24-18(2)30-21(27-24)10-5-11-22(30)29-15-13-25-14-16-29/h5-7,10-12,18-20,24-25H,4,8-9,13-16H2,1-3H3/t18?,19-,20+,24?/m0/s1. The number of nitrogens with one attached hydrogen (secondary N) is 1. The van der Waals surface area contributed by atoms with Gasteiger partial charge in [-0.25, -0.2) is 0 Å². The number of piperidine rings is 1. The third kappa shape index (κ3) is 3.36. The summed E-state index contributed by atoms with van der Waals surface area (Å²) in [7, 11) is 2.29. The summed E-state index contributed by atoms with van der Waals surface area (Å²) in [6, 6.07) is 5.70. The fourth-order valence-corrected chi connectivity index (χ4v) is 5.74. The first-order valence-corrected chi connectivity index (χ1v) is 11.5. The van der Waals surface area contributed by atoms with E-state index < -0.39 is 0 Å². The molecule has 1 aromatic rings. The second-order valence-electron chi connectivity index (χ2n) is 9.09. The van der Waals surface area contributed by atoms with Gasteiger partial charge in [-0.1, -0.05) is 12.1 Å².